The van der Waals surface area contributed by atoms with E-state index in [0.29, 0.717) is 0 Å². The van der Waals surface area contributed by atoms with Crippen molar-refractivity contribution in [3.63, 3.8) is 0 Å². The van der Waals surface area contributed by atoms with Gasteiger partial charge in [-0.15, -0.1) is 0 Å². The fourth-order valence-electron chi connectivity index (χ4n) is 0.493. The van der Waals surface area contributed by atoms with Gasteiger partial charge >= 0.3 is 0 Å². The molecule has 1 N–H and O–H groups in total. The van der Waals surface area contributed by atoms with Crippen molar-refractivity contribution in [2.75, 3.05) is 13.2 Å². The van der Waals surface area contributed by atoms with Gasteiger partial charge in [-0.2, -0.15) is 0 Å². The molecule has 0 bridgehead atoms. The number of ether oxygens (including phenoxy) is 1. The quantitative estimate of drug-likeness (QED) is 0.686. The molecular weight excluding hydrogens is 140 g/mol. The summed E-state index contributed by atoms with van der Waals surface area (Å²) in [7, 11) is 0. The van der Waals surface area contributed by atoms with Crippen LogP contribution < -0.4 is 0 Å². The van der Waals surface area contributed by atoms with Gasteiger partial charge in [-0.3, -0.25) is 0 Å². The van der Waals surface area contributed by atoms with Gasteiger partial charge in [-0.1, -0.05) is 13.8 Å². The minimum absolute atomic E-state index is 0.0648. The van der Waals surface area contributed by atoms with Gasteiger partial charge in [-0.05, 0) is 26.7 Å². The van der Waals surface area contributed by atoms with Crippen molar-refractivity contribution in [2.24, 2.45) is 0 Å². The molecule has 2 nitrogen and oxygen atoms in total. The molecule has 0 rings (SSSR count). The maximum atomic E-state index is 8.67. The van der Waals surface area contributed by atoms with Crippen LogP contribution in [0, 0.1) is 0 Å². The zero-order valence-electron chi connectivity index (χ0n) is 8.26. The molecule has 0 aliphatic rings. The lowest BCUT2D eigenvalue weighted by Crippen LogP contribution is -1.99. The van der Waals surface area contributed by atoms with Crippen molar-refractivity contribution >= 4 is 0 Å². The minimum Gasteiger partial charge on any atom is -0.393 e. The van der Waals surface area contributed by atoms with Crippen molar-refractivity contribution in [1.82, 2.24) is 0 Å². The molecule has 0 spiro atoms. The SMILES string of the molecule is CCC(O)CC.CCOCC. The Hall–Kier alpha value is -0.0800. The largest absolute Gasteiger partial charge is 0.393 e. The molecule has 0 amide bonds. The van der Waals surface area contributed by atoms with E-state index in [0.717, 1.165) is 26.1 Å². The van der Waals surface area contributed by atoms with Crippen LogP contribution in [-0.2, 0) is 4.74 Å². The highest BCUT2D eigenvalue weighted by Gasteiger charge is 1.90. The molecular formula is C9H22O2. The Bertz CT molecular complexity index is 49.5. The molecule has 0 radical (unpaired) electrons. The van der Waals surface area contributed by atoms with Crippen molar-refractivity contribution in [3.8, 4) is 0 Å². The number of rotatable bonds is 4. The van der Waals surface area contributed by atoms with E-state index in [1.54, 1.807) is 0 Å². The number of hydrogen-bond acceptors (Lipinski definition) is 2. The van der Waals surface area contributed by atoms with Crippen LogP contribution in [0.3, 0.4) is 0 Å². The third-order valence-corrected chi connectivity index (χ3v) is 1.35. The molecule has 11 heavy (non-hydrogen) atoms. The molecule has 70 valence electrons. The molecule has 0 aromatic rings. The second kappa shape index (κ2) is 12.6. The summed E-state index contributed by atoms with van der Waals surface area (Å²) in [5.41, 5.74) is 0. The predicted octanol–water partition coefficient (Wildman–Crippen LogP) is 2.21. The van der Waals surface area contributed by atoms with Crippen LogP contribution in [0.5, 0.6) is 0 Å². The second-order valence-electron chi connectivity index (χ2n) is 2.25. The van der Waals surface area contributed by atoms with Crippen LogP contribution in [0.25, 0.3) is 0 Å². The number of aliphatic hydroxyl groups is 1. The fraction of sp³-hybridized carbons (Fsp3) is 1.00. The summed E-state index contributed by atoms with van der Waals surface area (Å²) in [5, 5.41) is 8.67. The highest BCUT2D eigenvalue weighted by molar-refractivity contribution is 4.43. The third-order valence-electron chi connectivity index (χ3n) is 1.35. The second-order valence-corrected chi connectivity index (χ2v) is 2.25. The molecule has 0 unspecified atom stereocenters. The van der Waals surface area contributed by atoms with Crippen LogP contribution in [0.15, 0.2) is 0 Å². The monoisotopic (exact) mass is 162 g/mol. The van der Waals surface area contributed by atoms with E-state index < -0.39 is 0 Å². The van der Waals surface area contributed by atoms with Gasteiger partial charge in [0.05, 0.1) is 6.10 Å². The lowest BCUT2D eigenvalue weighted by atomic mass is 10.2. The molecule has 2 heteroatoms. The highest BCUT2D eigenvalue weighted by Crippen LogP contribution is 1.91. The fourth-order valence-corrected chi connectivity index (χ4v) is 0.493. The Morgan fingerprint density at radius 2 is 1.36 bits per heavy atom. The average molecular weight is 162 g/mol. The first-order chi connectivity index (χ1) is 5.22. The first kappa shape index (κ1) is 13.5. The molecule has 0 heterocycles. The Labute approximate surface area is 70.6 Å². The van der Waals surface area contributed by atoms with Gasteiger partial charge in [0.2, 0.25) is 0 Å². The van der Waals surface area contributed by atoms with E-state index >= 15 is 0 Å². The molecule has 0 aromatic heterocycles. The van der Waals surface area contributed by atoms with E-state index in [4.69, 9.17) is 9.84 Å². The average Bonchev–Trinajstić information content (AvgIpc) is 2.06. The summed E-state index contributed by atoms with van der Waals surface area (Å²) in [6, 6.07) is 0. The van der Waals surface area contributed by atoms with E-state index in [9.17, 15) is 0 Å². The van der Waals surface area contributed by atoms with Gasteiger partial charge in [0.25, 0.3) is 0 Å². The van der Waals surface area contributed by atoms with Gasteiger partial charge in [0, 0.05) is 13.2 Å². The molecule has 0 saturated heterocycles. The van der Waals surface area contributed by atoms with Crippen molar-refractivity contribution in [1.29, 1.82) is 0 Å². The zero-order chi connectivity index (χ0) is 9.11. The van der Waals surface area contributed by atoms with Crippen LogP contribution in [-0.4, -0.2) is 24.4 Å². The summed E-state index contributed by atoms with van der Waals surface area (Å²) in [4.78, 5) is 0. The topological polar surface area (TPSA) is 29.5 Å². The molecule has 0 aliphatic carbocycles. The first-order valence-electron chi connectivity index (χ1n) is 4.48. The Kier molecular flexibility index (Phi) is 15.4. The minimum atomic E-state index is -0.0648. The molecule has 0 aromatic carbocycles. The number of hydrogen-bond donors (Lipinski definition) is 1. The van der Waals surface area contributed by atoms with E-state index in [2.05, 4.69) is 0 Å². The molecule has 0 atom stereocenters. The lowest BCUT2D eigenvalue weighted by Gasteiger charge is -1.98. The Morgan fingerprint density at radius 1 is 1.00 bits per heavy atom. The Morgan fingerprint density at radius 3 is 1.36 bits per heavy atom. The van der Waals surface area contributed by atoms with Gasteiger partial charge in [0.1, 0.15) is 0 Å². The smallest absolute Gasteiger partial charge is 0.0535 e. The normalized spacial score (nSPS) is 9.27. The predicted molar refractivity (Wildman–Crippen MR) is 48.8 cm³/mol. The first-order valence-corrected chi connectivity index (χ1v) is 4.48. The Balaban J connectivity index is 0. The molecule has 0 saturated carbocycles. The van der Waals surface area contributed by atoms with Crippen molar-refractivity contribution in [2.45, 2.75) is 46.6 Å². The summed E-state index contributed by atoms with van der Waals surface area (Å²) < 4.78 is 4.83. The van der Waals surface area contributed by atoms with Crippen molar-refractivity contribution in [3.05, 3.63) is 0 Å². The van der Waals surface area contributed by atoms with E-state index in [1.807, 2.05) is 27.7 Å². The van der Waals surface area contributed by atoms with Gasteiger partial charge in [-0.25, -0.2) is 0 Å². The van der Waals surface area contributed by atoms with E-state index in [-0.39, 0.29) is 6.10 Å². The summed E-state index contributed by atoms with van der Waals surface area (Å²) in [5.74, 6) is 0. The van der Waals surface area contributed by atoms with Crippen molar-refractivity contribution < 1.29 is 9.84 Å². The maximum Gasteiger partial charge on any atom is 0.0535 e. The lowest BCUT2D eigenvalue weighted by molar-refractivity contribution is 0.162. The third kappa shape index (κ3) is 17.8. The van der Waals surface area contributed by atoms with Crippen LogP contribution in [0.4, 0.5) is 0 Å². The zero-order valence-corrected chi connectivity index (χ0v) is 8.26. The van der Waals surface area contributed by atoms with Crippen LogP contribution >= 0.6 is 0 Å². The standard InChI is InChI=1S/C5H12O.C4H10O/c1-3-5(6)4-2;1-3-5-4-2/h5-6H,3-4H2,1-2H3;3-4H2,1-2H3. The van der Waals surface area contributed by atoms with Crippen LogP contribution in [0.1, 0.15) is 40.5 Å². The van der Waals surface area contributed by atoms with Crippen LogP contribution in [0.2, 0.25) is 0 Å². The summed E-state index contributed by atoms with van der Waals surface area (Å²) in [6.07, 6.45) is 1.71. The van der Waals surface area contributed by atoms with E-state index in [1.165, 1.54) is 0 Å². The summed E-state index contributed by atoms with van der Waals surface area (Å²) >= 11 is 0. The molecule has 0 aliphatic heterocycles. The highest BCUT2D eigenvalue weighted by atomic mass is 16.5. The molecule has 0 fully saturated rings. The number of aliphatic hydroxyl groups excluding tert-OH is 1. The van der Waals surface area contributed by atoms with Gasteiger partial charge < -0.3 is 9.84 Å². The maximum absolute atomic E-state index is 8.67. The van der Waals surface area contributed by atoms with Gasteiger partial charge in [0.15, 0.2) is 0 Å². The summed E-state index contributed by atoms with van der Waals surface area (Å²) in [6.45, 7) is 9.63.